The smallest absolute Gasteiger partial charge is 0.250 e. The van der Waals surface area contributed by atoms with Gasteiger partial charge in [0.1, 0.15) is 0 Å². The first-order chi connectivity index (χ1) is 13.5. The monoisotopic (exact) mass is 379 g/mol. The van der Waals surface area contributed by atoms with Crippen molar-refractivity contribution in [3.8, 4) is 11.3 Å². The predicted octanol–water partition coefficient (Wildman–Crippen LogP) is 3.05. The lowest BCUT2D eigenvalue weighted by molar-refractivity contribution is 0.100. The largest absolute Gasteiger partial charge is 0.388 e. The molecule has 0 aliphatic heterocycles. The number of aryl methyl sites for hydroxylation is 1. The number of nitrogens with zero attached hydrogens (tertiary/aromatic N) is 2. The Morgan fingerprint density at radius 1 is 0.964 bits per heavy atom. The predicted molar refractivity (Wildman–Crippen MR) is 116 cm³/mol. The van der Waals surface area contributed by atoms with Crippen LogP contribution in [0.25, 0.3) is 11.3 Å². The second kappa shape index (κ2) is 7.91. The minimum atomic E-state index is -0.504. The quantitative estimate of drug-likeness (QED) is 0.432. The van der Waals surface area contributed by atoms with E-state index in [0.29, 0.717) is 11.3 Å². The normalized spacial score (nSPS) is 10.4. The molecule has 0 unspecified atom stereocenters. The third-order valence-electron chi connectivity index (χ3n) is 4.63. The standard InChI is InChI=1S/C20H25N7O/c1-22-13-10-16(23-2)19(17(11-13)24-3)26-15-6-5-12(9-14(15)20(21)28)18-7-8-25-27(18)4/h5-11,22-24,26H,1-4H3,(H2,21,28). The highest BCUT2D eigenvalue weighted by Crippen LogP contribution is 2.37. The zero-order chi connectivity index (χ0) is 20.3. The minimum absolute atomic E-state index is 0.403. The maximum atomic E-state index is 12.1. The number of primary amides is 1. The molecule has 0 atom stereocenters. The summed E-state index contributed by atoms with van der Waals surface area (Å²) in [5, 5.41) is 17.0. The van der Waals surface area contributed by atoms with Gasteiger partial charge >= 0.3 is 0 Å². The SMILES string of the molecule is CNc1cc(NC)c(Nc2ccc(-c3ccnn3C)cc2C(N)=O)c(NC)c1. The summed E-state index contributed by atoms with van der Waals surface area (Å²) in [6.45, 7) is 0. The van der Waals surface area contributed by atoms with E-state index in [0.717, 1.165) is 34.0 Å². The van der Waals surface area contributed by atoms with Gasteiger partial charge in [-0.3, -0.25) is 9.48 Å². The van der Waals surface area contributed by atoms with Crippen molar-refractivity contribution in [2.45, 2.75) is 0 Å². The Balaban J connectivity index is 2.08. The molecule has 28 heavy (non-hydrogen) atoms. The number of aromatic nitrogens is 2. The molecule has 8 heteroatoms. The van der Waals surface area contributed by atoms with Crippen LogP contribution in [0.2, 0.25) is 0 Å². The van der Waals surface area contributed by atoms with Crippen LogP contribution < -0.4 is 27.0 Å². The minimum Gasteiger partial charge on any atom is -0.388 e. The molecule has 146 valence electrons. The highest BCUT2D eigenvalue weighted by molar-refractivity contribution is 6.02. The fraction of sp³-hybridized carbons (Fsp3) is 0.200. The van der Waals surface area contributed by atoms with E-state index in [2.05, 4.69) is 26.4 Å². The van der Waals surface area contributed by atoms with Crippen LogP contribution in [0, 0.1) is 0 Å². The number of benzene rings is 2. The lowest BCUT2D eigenvalue weighted by Crippen LogP contribution is -2.14. The fourth-order valence-corrected chi connectivity index (χ4v) is 3.12. The van der Waals surface area contributed by atoms with Gasteiger partial charge in [-0.2, -0.15) is 5.10 Å². The van der Waals surface area contributed by atoms with E-state index < -0.39 is 5.91 Å². The number of anilines is 5. The molecular formula is C20H25N7O. The van der Waals surface area contributed by atoms with Crippen LogP contribution in [0.3, 0.4) is 0 Å². The molecule has 0 saturated heterocycles. The molecule has 0 bridgehead atoms. The lowest BCUT2D eigenvalue weighted by atomic mass is 10.0. The number of nitrogens with two attached hydrogens (primary N) is 1. The number of amides is 1. The van der Waals surface area contributed by atoms with Crippen LogP contribution in [0.1, 0.15) is 10.4 Å². The number of carbonyl (C=O) groups is 1. The van der Waals surface area contributed by atoms with E-state index in [4.69, 9.17) is 5.73 Å². The van der Waals surface area contributed by atoms with E-state index in [9.17, 15) is 4.79 Å². The molecule has 3 aromatic rings. The summed E-state index contributed by atoms with van der Waals surface area (Å²) < 4.78 is 1.75. The summed E-state index contributed by atoms with van der Waals surface area (Å²) >= 11 is 0. The van der Waals surface area contributed by atoms with E-state index in [-0.39, 0.29) is 0 Å². The highest BCUT2D eigenvalue weighted by Gasteiger charge is 2.16. The average Bonchev–Trinajstić information content (AvgIpc) is 3.13. The zero-order valence-corrected chi connectivity index (χ0v) is 16.4. The first kappa shape index (κ1) is 19.1. The van der Waals surface area contributed by atoms with E-state index in [1.807, 2.05) is 58.5 Å². The molecule has 1 heterocycles. The Morgan fingerprint density at radius 2 is 1.64 bits per heavy atom. The van der Waals surface area contributed by atoms with Gasteiger partial charge in [-0.1, -0.05) is 6.07 Å². The molecule has 0 spiro atoms. The topological polar surface area (TPSA) is 109 Å². The summed E-state index contributed by atoms with van der Waals surface area (Å²) in [7, 11) is 7.41. The molecule has 0 aliphatic rings. The second-order valence-corrected chi connectivity index (χ2v) is 6.29. The van der Waals surface area contributed by atoms with Gasteiger partial charge in [-0.15, -0.1) is 0 Å². The molecule has 2 aromatic carbocycles. The van der Waals surface area contributed by atoms with E-state index in [1.165, 1.54) is 0 Å². The highest BCUT2D eigenvalue weighted by atomic mass is 16.1. The molecule has 0 radical (unpaired) electrons. The van der Waals surface area contributed by atoms with Crippen molar-refractivity contribution in [3.05, 3.63) is 48.2 Å². The van der Waals surface area contributed by atoms with Crippen molar-refractivity contribution in [3.63, 3.8) is 0 Å². The third kappa shape index (κ3) is 3.57. The maximum absolute atomic E-state index is 12.1. The molecule has 0 fully saturated rings. The summed E-state index contributed by atoms with van der Waals surface area (Å²) in [6, 6.07) is 11.4. The maximum Gasteiger partial charge on any atom is 0.250 e. The first-order valence-corrected chi connectivity index (χ1v) is 8.89. The summed E-state index contributed by atoms with van der Waals surface area (Å²) in [6.07, 6.45) is 1.72. The zero-order valence-electron chi connectivity index (χ0n) is 16.4. The van der Waals surface area contributed by atoms with Crippen molar-refractivity contribution in [1.82, 2.24) is 9.78 Å². The molecular weight excluding hydrogens is 354 g/mol. The Morgan fingerprint density at radius 3 is 2.14 bits per heavy atom. The number of hydrogen-bond donors (Lipinski definition) is 5. The molecule has 6 N–H and O–H groups in total. The van der Waals surface area contributed by atoms with Crippen molar-refractivity contribution < 1.29 is 4.79 Å². The molecule has 1 amide bonds. The number of nitrogens with one attached hydrogen (secondary N) is 4. The van der Waals surface area contributed by atoms with Gasteiger partial charge in [0.2, 0.25) is 0 Å². The van der Waals surface area contributed by atoms with Crippen LogP contribution in [-0.4, -0.2) is 36.8 Å². The Labute approximate surface area is 164 Å². The number of hydrogen-bond acceptors (Lipinski definition) is 6. The van der Waals surface area contributed by atoms with Crippen LogP contribution in [0.5, 0.6) is 0 Å². The van der Waals surface area contributed by atoms with Crippen molar-refractivity contribution in [1.29, 1.82) is 0 Å². The van der Waals surface area contributed by atoms with Crippen molar-refractivity contribution in [2.75, 3.05) is 42.4 Å². The van der Waals surface area contributed by atoms with Gasteiger partial charge in [0.05, 0.1) is 34.0 Å². The molecule has 0 aliphatic carbocycles. The number of rotatable bonds is 7. The van der Waals surface area contributed by atoms with Crippen LogP contribution >= 0.6 is 0 Å². The average molecular weight is 379 g/mol. The van der Waals surface area contributed by atoms with Gasteiger partial charge in [-0.25, -0.2) is 0 Å². The lowest BCUT2D eigenvalue weighted by Gasteiger charge is -2.20. The summed E-state index contributed by atoms with van der Waals surface area (Å²) in [4.78, 5) is 12.1. The van der Waals surface area contributed by atoms with Crippen molar-refractivity contribution >= 4 is 34.3 Å². The Kier molecular flexibility index (Phi) is 5.39. The first-order valence-electron chi connectivity index (χ1n) is 8.89. The van der Waals surface area contributed by atoms with Gasteiger partial charge in [0.15, 0.2) is 0 Å². The van der Waals surface area contributed by atoms with E-state index >= 15 is 0 Å². The summed E-state index contributed by atoms with van der Waals surface area (Å²) in [5.41, 5.74) is 12.0. The van der Waals surface area contributed by atoms with E-state index in [1.54, 1.807) is 16.9 Å². The molecule has 1 aromatic heterocycles. The molecule has 3 rings (SSSR count). The van der Waals surface area contributed by atoms with Crippen LogP contribution in [0.4, 0.5) is 28.4 Å². The third-order valence-corrected chi connectivity index (χ3v) is 4.63. The number of carbonyl (C=O) groups excluding carboxylic acids is 1. The fourth-order valence-electron chi connectivity index (χ4n) is 3.12. The van der Waals surface area contributed by atoms with Gasteiger partial charge in [0, 0.05) is 45.6 Å². The second-order valence-electron chi connectivity index (χ2n) is 6.29. The van der Waals surface area contributed by atoms with Gasteiger partial charge < -0.3 is 27.0 Å². The Bertz CT molecular complexity index is 985. The Hall–Kier alpha value is -3.68. The van der Waals surface area contributed by atoms with Crippen molar-refractivity contribution in [2.24, 2.45) is 12.8 Å². The molecule has 0 saturated carbocycles. The summed E-state index contributed by atoms with van der Waals surface area (Å²) in [5.74, 6) is -0.504. The van der Waals surface area contributed by atoms with Gasteiger partial charge in [0.25, 0.3) is 5.91 Å². The van der Waals surface area contributed by atoms with Crippen LogP contribution in [-0.2, 0) is 7.05 Å². The molecule has 8 nitrogen and oxygen atoms in total. The van der Waals surface area contributed by atoms with Crippen LogP contribution in [0.15, 0.2) is 42.6 Å². The van der Waals surface area contributed by atoms with Gasteiger partial charge in [-0.05, 0) is 30.3 Å².